The van der Waals surface area contributed by atoms with Crippen LogP contribution in [-0.2, 0) is 0 Å². The quantitative estimate of drug-likeness (QED) is 0.649. The molecule has 0 aliphatic carbocycles. The number of rotatable bonds is 5. The van der Waals surface area contributed by atoms with Crippen molar-refractivity contribution in [2.45, 2.75) is 64.3 Å². The molecule has 1 aliphatic rings. The van der Waals surface area contributed by atoms with Crippen molar-refractivity contribution in [2.75, 3.05) is 6.54 Å². The lowest BCUT2D eigenvalue weighted by atomic mass is 10.5. The summed E-state index contributed by atoms with van der Waals surface area (Å²) in [5, 5.41) is 0. The van der Waals surface area contributed by atoms with Gasteiger partial charge in [-0.2, -0.15) is 0 Å². The summed E-state index contributed by atoms with van der Waals surface area (Å²) in [5.74, 6) is 0. The molecule has 0 bridgehead atoms. The minimum Gasteiger partial charge on any atom is -0.346 e. The SMILES string of the molecule is CC[Si](CC)N1CC(C)[Si]1(CC)CC. The molecule has 3 heteroatoms. The standard InChI is InChI=1S/C11H26NSi2/c1-6-13(7-2)12-10-11(5)14(12,8-3)9-4/h11H,6-10H2,1-5H3. The molecule has 1 rings (SSSR count). The van der Waals surface area contributed by atoms with E-state index in [1.165, 1.54) is 30.7 Å². The van der Waals surface area contributed by atoms with E-state index in [1.807, 2.05) is 0 Å². The van der Waals surface area contributed by atoms with Gasteiger partial charge in [-0.15, -0.1) is 0 Å². The van der Waals surface area contributed by atoms with E-state index in [2.05, 4.69) is 38.8 Å². The van der Waals surface area contributed by atoms with Crippen molar-refractivity contribution in [3.05, 3.63) is 0 Å². The highest BCUT2D eigenvalue weighted by molar-refractivity contribution is 6.89. The second-order valence-electron chi connectivity index (χ2n) is 4.60. The van der Waals surface area contributed by atoms with Gasteiger partial charge in [0.05, 0.1) is 0 Å². The fourth-order valence-electron chi connectivity index (χ4n) is 3.18. The van der Waals surface area contributed by atoms with Crippen LogP contribution in [0.5, 0.6) is 0 Å². The monoisotopic (exact) mass is 228 g/mol. The molecule has 0 aromatic carbocycles. The van der Waals surface area contributed by atoms with Crippen molar-refractivity contribution in [3.63, 3.8) is 0 Å². The maximum Gasteiger partial charge on any atom is 0.128 e. The molecule has 0 aromatic heterocycles. The largest absolute Gasteiger partial charge is 0.346 e. The average molecular weight is 229 g/mol. The van der Waals surface area contributed by atoms with Crippen LogP contribution in [0.25, 0.3) is 0 Å². The molecule has 0 N–H and O–H groups in total. The smallest absolute Gasteiger partial charge is 0.128 e. The summed E-state index contributed by atoms with van der Waals surface area (Å²) in [5.41, 5.74) is 1.07. The van der Waals surface area contributed by atoms with Crippen LogP contribution in [0, 0.1) is 0 Å². The lowest BCUT2D eigenvalue weighted by Gasteiger charge is -2.59. The van der Waals surface area contributed by atoms with Gasteiger partial charge in [0.15, 0.2) is 0 Å². The first-order valence-corrected chi connectivity index (χ1v) is 10.6. The number of nitrogens with zero attached hydrogens (tertiary/aromatic N) is 1. The molecule has 1 saturated heterocycles. The minimum absolute atomic E-state index is 0.132. The number of hydrogen-bond acceptors (Lipinski definition) is 1. The van der Waals surface area contributed by atoms with Crippen LogP contribution in [-0.4, -0.2) is 28.0 Å². The summed E-state index contributed by atoms with van der Waals surface area (Å²) in [6, 6.07) is 5.86. The van der Waals surface area contributed by atoms with Crippen LogP contribution in [0.15, 0.2) is 0 Å². The molecular weight excluding hydrogens is 202 g/mol. The molecule has 1 fully saturated rings. The Morgan fingerprint density at radius 1 is 1.14 bits per heavy atom. The Morgan fingerprint density at radius 3 is 1.93 bits per heavy atom. The first-order valence-electron chi connectivity index (χ1n) is 6.28. The van der Waals surface area contributed by atoms with E-state index in [0.29, 0.717) is 0 Å². The predicted octanol–water partition coefficient (Wildman–Crippen LogP) is 3.71. The van der Waals surface area contributed by atoms with Gasteiger partial charge < -0.3 is 4.23 Å². The van der Waals surface area contributed by atoms with E-state index in [0.717, 1.165) is 5.54 Å². The van der Waals surface area contributed by atoms with Crippen molar-refractivity contribution in [2.24, 2.45) is 0 Å². The van der Waals surface area contributed by atoms with E-state index in [1.54, 1.807) is 0 Å². The third kappa shape index (κ3) is 1.74. The third-order valence-corrected chi connectivity index (χ3v) is 14.9. The maximum atomic E-state index is 3.02. The van der Waals surface area contributed by atoms with Crippen LogP contribution < -0.4 is 0 Å². The maximum absolute atomic E-state index is 3.02. The average Bonchev–Trinajstić information content (AvgIpc) is 2.20. The van der Waals surface area contributed by atoms with Gasteiger partial charge in [-0.25, -0.2) is 0 Å². The fraction of sp³-hybridized carbons (Fsp3) is 1.00. The Kier molecular flexibility index (Phi) is 4.40. The van der Waals surface area contributed by atoms with E-state index < -0.39 is 8.24 Å². The van der Waals surface area contributed by atoms with Gasteiger partial charge >= 0.3 is 0 Å². The Labute approximate surface area is 92.7 Å². The molecule has 14 heavy (non-hydrogen) atoms. The zero-order valence-electron chi connectivity index (χ0n) is 10.6. The van der Waals surface area contributed by atoms with Gasteiger partial charge in [-0.3, -0.25) is 0 Å². The molecule has 0 aromatic rings. The van der Waals surface area contributed by atoms with E-state index in [-0.39, 0.29) is 8.96 Å². The fourth-order valence-corrected chi connectivity index (χ4v) is 14.3. The normalized spacial score (nSPS) is 26.6. The summed E-state index contributed by atoms with van der Waals surface area (Å²) in [6.45, 7) is 13.6. The molecule has 1 aliphatic heterocycles. The van der Waals surface area contributed by atoms with E-state index in [4.69, 9.17) is 0 Å². The Bertz CT molecular complexity index is 176. The highest BCUT2D eigenvalue weighted by Crippen LogP contribution is 2.44. The van der Waals surface area contributed by atoms with Crippen molar-refractivity contribution in [3.8, 4) is 0 Å². The predicted molar refractivity (Wildman–Crippen MR) is 69.6 cm³/mol. The first kappa shape index (κ1) is 12.5. The Hall–Kier alpha value is 0.394. The second-order valence-corrected chi connectivity index (χ2v) is 13.3. The van der Waals surface area contributed by atoms with Crippen LogP contribution in [0.1, 0.15) is 34.6 Å². The number of hydrogen-bond donors (Lipinski definition) is 0. The zero-order valence-corrected chi connectivity index (χ0v) is 12.6. The topological polar surface area (TPSA) is 3.24 Å². The van der Waals surface area contributed by atoms with Gasteiger partial charge in [0.25, 0.3) is 0 Å². The van der Waals surface area contributed by atoms with E-state index >= 15 is 0 Å². The van der Waals surface area contributed by atoms with Crippen molar-refractivity contribution in [1.82, 2.24) is 4.23 Å². The van der Waals surface area contributed by atoms with Crippen molar-refractivity contribution < 1.29 is 0 Å². The van der Waals surface area contributed by atoms with Crippen LogP contribution >= 0.6 is 0 Å². The summed E-state index contributed by atoms with van der Waals surface area (Å²) < 4.78 is 3.02. The first-order chi connectivity index (χ1) is 6.66. The van der Waals surface area contributed by atoms with Gasteiger partial charge in [0.2, 0.25) is 0 Å². The molecule has 1 nitrogen and oxygen atoms in total. The molecule has 1 heterocycles. The second kappa shape index (κ2) is 4.95. The van der Waals surface area contributed by atoms with Crippen LogP contribution in [0.2, 0.25) is 29.7 Å². The molecule has 1 unspecified atom stereocenters. The van der Waals surface area contributed by atoms with E-state index in [9.17, 15) is 0 Å². The molecule has 0 spiro atoms. The Morgan fingerprint density at radius 2 is 1.64 bits per heavy atom. The molecule has 0 amide bonds. The third-order valence-electron chi connectivity index (χ3n) is 4.33. The lowest BCUT2D eigenvalue weighted by Crippen LogP contribution is -2.71. The summed E-state index contributed by atoms with van der Waals surface area (Å²) in [4.78, 5) is 0. The van der Waals surface area contributed by atoms with Gasteiger partial charge in [-0.05, 0) is 36.3 Å². The molecule has 83 valence electrons. The Balaban J connectivity index is 2.71. The summed E-state index contributed by atoms with van der Waals surface area (Å²) in [7, 11) is -1.08. The summed E-state index contributed by atoms with van der Waals surface area (Å²) >= 11 is 0. The minimum atomic E-state index is -0.950. The summed E-state index contributed by atoms with van der Waals surface area (Å²) in [6.07, 6.45) is 0. The van der Waals surface area contributed by atoms with Gasteiger partial charge in [0.1, 0.15) is 17.2 Å². The molecule has 1 atom stereocenters. The van der Waals surface area contributed by atoms with Crippen LogP contribution in [0.3, 0.4) is 0 Å². The van der Waals surface area contributed by atoms with Crippen LogP contribution in [0.4, 0.5) is 0 Å². The molecular formula is C11H26NSi2. The highest BCUT2D eigenvalue weighted by atomic mass is 28.4. The highest BCUT2D eigenvalue weighted by Gasteiger charge is 2.52. The van der Waals surface area contributed by atoms with Crippen molar-refractivity contribution >= 4 is 17.2 Å². The molecule has 1 radical (unpaired) electrons. The van der Waals surface area contributed by atoms with Gasteiger partial charge in [0, 0.05) is 0 Å². The van der Waals surface area contributed by atoms with Crippen molar-refractivity contribution in [1.29, 1.82) is 0 Å². The lowest BCUT2D eigenvalue weighted by molar-refractivity contribution is 0.474. The molecule has 0 saturated carbocycles. The zero-order chi connectivity index (χ0) is 10.8. The van der Waals surface area contributed by atoms with Gasteiger partial charge in [-0.1, -0.05) is 34.6 Å².